The van der Waals surface area contributed by atoms with Gasteiger partial charge in [-0.05, 0) is 29.2 Å². The molecule has 0 saturated heterocycles. The molecule has 0 aliphatic rings. The van der Waals surface area contributed by atoms with Gasteiger partial charge in [0.05, 0.1) is 5.02 Å². The Morgan fingerprint density at radius 3 is 2.30 bits per heavy atom. The topological polar surface area (TPSA) is 9.23 Å². The normalized spacial score (nSPS) is 11.4. The number of hydrogen-bond donors (Lipinski definition) is 0. The second kappa shape index (κ2) is 6.07. The highest BCUT2D eigenvalue weighted by molar-refractivity contribution is 6.32. The van der Waals surface area contributed by atoms with Gasteiger partial charge in [0.25, 0.3) is 0 Å². The molecule has 0 heterocycles. The SMILES string of the molecule is CC(C)(C)c1ccccc1Oc1ccc(CCl)cc1Cl. The summed E-state index contributed by atoms with van der Waals surface area (Å²) in [6, 6.07) is 13.6. The van der Waals surface area contributed by atoms with Crippen molar-refractivity contribution in [3.63, 3.8) is 0 Å². The second-order valence-electron chi connectivity index (χ2n) is 5.75. The van der Waals surface area contributed by atoms with Gasteiger partial charge < -0.3 is 4.74 Å². The van der Waals surface area contributed by atoms with E-state index in [2.05, 4.69) is 26.8 Å². The lowest BCUT2D eigenvalue weighted by molar-refractivity contribution is 0.455. The van der Waals surface area contributed by atoms with Crippen molar-refractivity contribution in [3.8, 4) is 11.5 Å². The molecule has 106 valence electrons. The van der Waals surface area contributed by atoms with Gasteiger partial charge in [-0.3, -0.25) is 0 Å². The van der Waals surface area contributed by atoms with E-state index in [1.165, 1.54) is 0 Å². The highest BCUT2D eigenvalue weighted by Crippen LogP contribution is 2.36. The molecular weight excluding hydrogens is 291 g/mol. The molecule has 0 aliphatic heterocycles. The van der Waals surface area contributed by atoms with Crippen LogP contribution in [-0.2, 0) is 11.3 Å². The molecule has 1 nitrogen and oxygen atoms in total. The summed E-state index contributed by atoms with van der Waals surface area (Å²) < 4.78 is 5.99. The van der Waals surface area contributed by atoms with Gasteiger partial charge in [0, 0.05) is 11.4 Å². The smallest absolute Gasteiger partial charge is 0.146 e. The Labute approximate surface area is 130 Å². The largest absolute Gasteiger partial charge is 0.455 e. The van der Waals surface area contributed by atoms with E-state index in [0.717, 1.165) is 16.9 Å². The first-order valence-electron chi connectivity index (χ1n) is 6.53. The van der Waals surface area contributed by atoms with Crippen LogP contribution in [0.3, 0.4) is 0 Å². The fourth-order valence-electron chi connectivity index (χ4n) is 2.00. The molecule has 0 unspecified atom stereocenters. The Balaban J connectivity index is 2.36. The summed E-state index contributed by atoms with van der Waals surface area (Å²) in [6.07, 6.45) is 0. The molecule has 2 aromatic carbocycles. The van der Waals surface area contributed by atoms with E-state index in [1.807, 2.05) is 36.4 Å². The molecule has 2 aromatic rings. The number of ether oxygens (including phenoxy) is 1. The van der Waals surface area contributed by atoms with E-state index >= 15 is 0 Å². The fraction of sp³-hybridized carbons (Fsp3) is 0.294. The second-order valence-corrected chi connectivity index (χ2v) is 6.42. The van der Waals surface area contributed by atoms with Crippen LogP contribution in [0.5, 0.6) is 11.5 Å². The zero-order valence-electron chi connectivity index (χ0n) is 11.9. The maximum atomic E-state index is 6.24. The Kier molecular flexibility index (Phi) is 4.62. The van der Waals surface area contributed by atoms with Gasteiger partial charge in [0.15, 0.2) is 0 Å². The third-order valence-electron chi connectivity index (χ3n) is 3.07. The molecule has 0 fully saturated rings. The van der Waals surface area contributed by atoms with Crippen LogP contribution < -0.4 is 4.74 Å². The van der Waals surface area contributed by atoms with Crippen LogP contribution in [-0.4, -0.2) is 0 Å². The standard InChI is InChI=1S/C17H18Cl2O/c1-17(2,3)13-6-4-5-7-15(13)20-16-9-8-12(11-18)10-14(16)19/h4-10H,11H2,1-3H3. The minimum atomic E-state index is 0.0130. The molecule has 2 rings (SSSR count). The Morgan fingerprint density at radius 1 is 1.00 bits per heavy atom. The van der Waals surface area contributed by atoms with Crippen LogP contribution in [0.2, 0.25) is 5.02 Å². The molecule has 3 heteroatoms. The van der Waals surface area contributed by atoms with Crippen LogP contribution in [0.1, 0.15) is 31.9 Å². The van der Waals surface area contributed by atoms with Gasteiger partial charge in [0.1, 0.15) is 11.5 Å². The number of alkyl halides is 1. The zero-order chi connectivity index (χ0) is 14.8. The maximum Gasteiger partial charge on any atom is 0.146 e. The molecule has 0 radical (unpaired) electrons. The van der Waals surface area contributed by atoms with E-state index in [1.54, 1.807) is 0 Å². The Hall–Kier alpha value is -1.18. The number of halogens is 2. The number of hydrogen-bond acceptors (Lipinski definition) is 1. The van der Waals surface area contributed by atoms with Gasteiger partial charge in [-0.2, -0.15) is 0 Å². The lowest BCUT2D eigenvalue weighted by Gasteiger charge is -2.22. The lowest BCUT2D eigenvalue weighted by Crippen LogP contribution is -2.12. The third-order valence-corrected chi connectivity index (χ3v) is 3.67. The quantitative estimate of drug-likeness (QED) is 0.616. The van der Waals surface area contributed by atoms with Crippen molar-refractivity contribution in [3.05, 3.63) is 58.6 Å². The molecule has 0 spiro atoms. The van der Waals surface area contributed by atoms with Gasteiger partial charge in [-0.25, -0.2) is 0 Å². The van der Waals surface area contributed by atoms with Gasteiger partial charge in [-0.15, -0.1) is 11.6 Å². The molecule has 0 aromatic heterocycles. The number of benzene rings is 2. The van der Waals surface area contributed by atoms with Gasteiger partial charge >= 0.3 is 0 Å². The van der Waals surface area contributed by atoms with Crippen molar-refractivity contribution in [1.29, 1.82) is 0 Å². The molecule has 0 bridgehead atoms. The first-order valence-corrected chi connectivity index (χ1v) is 7.45. The zero-order valence-corrected chi connectivity index (χ0v) is 13.4. The summed E-state index contributed by atoms with van der Waals surface area (Å²) in [4.78, 5) is 0. The molecule has 0 amide bonds. The minimum Gasteiger partial charge on any atom is -0.455 e. The van der Waals surface area contributed by atoms with Crippen LogP contribution in [0.25, 0.3) is 0 Å². The van der Waals surface area contributed by atoms with Crippen LogP contribution in [0, 0.1) is 0 Å². The number of para-hydroxylation sites is 1. The summed E-state index contributed by atoms with van der Waals surface area (Å²) in [7, 11) is 0. The van der Waals surface area contributed by atoms with E-state index in [4.69, 9.17) is 27.9 Å². The highest BCUT2D eigenvalue weighted by Gasteiger charge is 2.19. The van der Waals surface area contributed by atoms with Gasteiger partial charge in [-0.1, -0.05) is 56.6 Å². The lowest BCUT2D eigenvalue weighted by atomic mass is 9.86. The molecule has 0 aliphatic carbocycles. The predicted octanol–water partition coefficient (Wildman–Crippen LogP) is 6.17. The van der Waals surface area contributed by atoms with E-state index in [0.29, 0.717) is 16.7 Å². The monoisotopic (exact) mass is 308 g/mol. The van der Waals surface area contributed by atoms with E-state index in [9.17, 15) is 0 Å². The minimum absolute atomic E-state index is 0.0130. The summed E-state index contributed by atoms with van der Waals surface area (Å²) in [5, 5.41) is 0.576. The Morgan fingerprint density at radius 2 is 1.70 bits per heavy atom. The average molecular weight is 309 g/mol. The van der Waals surface area contributed by atoms with Crippen molar-refractivity contribution < 1.29 is 4.74 Å². The van der Waals surface area contributed by atoms with Crippen molar-refractivity contribution in [2.24, 2.45) is 0 Å². The first kappa shape index (κ1) is 15.2. The van der Waals surface area contributed by atoms with Crippen molar-refractivity contribution >= 4 is 23.2 Å². The first-order chi connectivity index (χ1) is 9.41. The van der Waals surface area contributed by atoms with Crippen molar-refractivity contribution in [2.45, 2.75) is 32.1 Å². The van der Waals surface area contributed by atoms with E-state index < -0.39 is 0 Å². The maximum absolute atomic E-state index is 6.24. The fourth-order valence-corrected chi connectivity index (χ4v) is 2.41. The third kappa shape index (κ3) is 3.47. The van der Waals surface area contributed by atoms with Gasteiger partial charge in [0.2, 0.25) is 0 Å². The summed E-state index contributed by atoms with van der Waals surface area (Å²) >= 11 is 12.0. The summed E-state index contributed by atoms with van der Waals surface area (Å²) in [5.74, 6) is 1.93. The average Bonchev–Trinajstić information content (AvgIpc) is 2.40. The van der Waals surface area contributed by atoms with Crippen molar-refractivity contribution in [2.75, 3.05) is 0 Å². The molecule has 0 N–H and O–H groups in total. The van der Waals surface area contributed by atoms with Crippen LogP contribution in [0.4, 0.5) is 0 Å². The molecule has 0 saturated carbocycles. The Bertz CT molecular complexity index is 600. The molecular formula is C17H18Cl2O. The summed E-state index contributed by atoms with van der Waals surface area (Å²) in [6.45, 7) is 6.48. The molecule has 20 heavy (non-hydrogen) atoms. The number of rotatable bonds is 3. The highest BCUT2D eigenvalue weighted by atomic mass is 35.5. The van der Waals surface area contributed by atoms with E-state index in [-0.39, 0.29) is 5.41 Å². The predicted molar refractivity (Wildman–Crippen MR) is 86.2 cm³/mol. The van der Waals surface area contributed by atoms with Crippen molar-refractivity contribution in [1.82, 2.24) is 0 Å². The van der Waals surface area contributed by atoms with Crippen LogP contribution >= 0.6 is 23.2 Å². The van der Waals surface area contributed by atoms with Crippen LogP contribution in [0.15, 0.2) is 42.5 Å². The summed E-state index contributed by atoms with van der Waals surface area (Å²) in [5.41, 5.74) is 2.14. The molecule has 0 atom stereocenters.